The minimum atomic E-state index is 0.0994. The first-order chi connectivity index (χ1) is 9.19. The summed E-state index contributed by atoms with van der Waals surface area (Å²) in [5.74, 6) is 0.434. The summed E-state index contributed by atoms with van der Waals surface area (Å²) in [7, 11) is 0. The van der Waals surface area contributed by atoms with Crippen LogP contribution in [0.4, 0.5) is 0 Å². The van der Waals surface area contributed by atoms with Crippen molar-refractivity contribution >= 4 is 0 Å². The number of nitrogens with zero attached hydrogens (tertiary/aromatic N) is 1. The molecule has 3 heteroatoms. The molecule has 0 spiro atoms. The highest BCUT2D eigenvalue weighted by Crippen LogP contribution is 2.19. The van der Waals surface area contributed by atoms with E-state index in [1.54, 1.807) is 0 Å². The number of hydrogen-bond acceptors (Lipinski definition) is 3. The van der Waals surface area contributed by atoms with Crippen LogP contribution in [0, 0.1) is 5.92 Å². The van der Waals surface area contributed by atoms with Crippen molar-refractivity contribution in [1.82, 2.24) is 4.90 Å². The summed E-state index contributed by atoms with van der Waals surface area (Å²) in [6, 6.07) is 10.4. The van der Waals surface area contributed by atoms with E-state index in [9.17, 15) is 0 Å². The van der Waals surface area contributed by atoms with E-state index in [2.05, 4.69) is 43.0 Å². The fourth-order valence-electron chi connectivity index (χ4n) is 2.24. The summed E-state index contributed by atoms with van der Waals surface area (Å²) < 4.78 is 5.42. The van der Waals surface area contributed by atoms with Crippen molar-refractivity contribution in [2.24, 2.45) is 11.7 Å². The van der Waals surface area contributed by atoms with E-state index in [0.717, 1.165) is 32.8 Å². The Morgan fingerprint density at radius 2 is 1.89 bits per heavy atom. The zero-order valence-electron chi connectivity index (χ0n) is 12.5. The maximum Gasteiger partial charge on any atom is 0.0593 e. The van der Waals surface area contributed by atoms with Gasteiger partial charge in [-0.2, -0.15) is 0 Å². The molecule has 2 N–H and O–H groups in total. The van der Waals surface area contributed by atoms with Crippen molar-refractivity contribution in [3.05, 3.63) is 35.9 Å². The number of rotatable bonds is 9. The van der Waals surface area contributed by atoms with Crippen LogP contribution in [0.15, 0.2) is 30.3 Å². The zero-order valence-corrected chi connectivity index (χ0v) is 12.5. The molecule has 0 amide bonds. The van der Waals surface area contributed by atoms with Crippen LogP contribution in [0.3, 0.4) is 0 Å². The number of likely N-dealkylation sites (N-methyl/N-ethyl adjacent to an activating group) is 1. The zero-order chi connectivity index (χ0) is 14.1. The van der Waals surface area contributed by atoms with Gasteiger partial charge >= 0.3 is 0 Å². The number of nitrogens with two attached hydrogens (primary N) is 1. The maximum atomic E-state index is 6.34. The summed E-state index contributed by atoms with van der Waals surface area (Å²) in [4.78, 5) is 2.41. The molecule has 2 unspecified atom stereocenters. The van der Waals surface area contributed by atoms with Crippen LogP contribution in [-0.2, 0) is 4.74 Å². The predicted octanol–water partition coefficient (Wildman–Crippen LogP) is 2.68. The van der Waals surface area contributed by atoms with Gasteiger partial charge < -0.3 is 15.4 Å². The average Bonchev–Trinajstić information content (AvgIpc) is 2.46. The molecule has 3 nitrogen and oxygen atoms in total. The summed E-state index contributed by atoms with van der Waals surface area (Å²) in [6.45, 7) is 11.1. The Bertz CT molecular complexity index is 329. The quantitative estimate of drug-likeness (QED) is 0.697. The smallest absolute Gasteiger partial charge is 0.0593 e. The first kappa shape index (κ1) is 16.2. The van der Waals surface area contributed by atoms with E-state index < -0.39 is 0 Å². The van der Waals surface area contributed by atoms with Crippen molar-refractivity contribution in [3.63, 3.8) is 0 Å². The SMILES string of the molecule is CCOCCN(CC)CC(C)C(N)c1ccccc1. The fourth-order valence-corrected chi connectivity index (χ4v) is 2.24. The number of ether oxygens (including phenoxy) is 1. The lowest BCUT2D eigenvalue weighted by atomic mass is 9.95. The standard InChI is InChI=1S/C16H28N2O/c1-4-18(11-12-19-5-2)13-14(3)16(17)15-9-7-6-8-10-15/h6-10,14,16H,4-5,11-13,17H2,1-3H3. The molecular weight excluding hydrogens is 236 g/mol. The molecule has 108 valence electrons. The van der Waals surface area contributed by atoms with Crippen LogP contribution in [0.25, 0.3) is 0 Å². The van der Waals surface area contributed by atoms with Gasteiger partial charge in [-0.05, 0) is 24.9 Å². The van der Waals surface area contributed by atoms with Crippen LogP contribution in [0.2, 0.25) is 0 Å². The van der Waals surface area contributed by atoms with Crippen LogP contribution >= 0.6 is 0 Å². The molecule has 19 heavy (non-hydrogen) atoms. The Hall–Kier alpha value is -0.900. The van der Waals surface area contributed by atoms with E-state index in [1.807, 2.05) is 13.0 Å². The lowest BCUT2D eigenvalue weighted by molar-refractivity contribution is 0.107. The Labute approximate surface area is 117 Å². The van der Waals surface area contributed by atoms with Gasteiger partial charge in [0.05, 0.1) is 6.61 Å². The molecule has 0 saturated carbocycles. The predicted molar refractivity (Wildman–Crippen MR) is 81.1 cm³/mol. The topological polar surface area (TPSA) is 38.5 Å². The molecule has 0 aliphatic carbocycles. The molecule has 1 rings (SSSR count). The number of hydrogen-bond donors (Lipinski definition) is 1. The van der Waals surface area contributed by atoms with Gasteiger partial charge in [0.2, 0.25) is 0 Å². The van der Waals surface area contributed by atoms with E-state index in [1.165, 1.54) is 5.56 Å². The van der Waals surface area contributed by atoms with Crippen LogP contribution in [0.5, 0.6) is 0 Å². The van der Waals surface area contributed by atoms with Crippen molar-refractivity contribution in [2.45, 2.75) is 26.8 Å². The lowest BCUT2D eigenvalue weighted by Crippen LogP contribution is -2.35. The Kier molecular flexibility index (Phi) is 7.72. The minimum Gasteiger partial charge on any atom is -0.380 e. The molecule has 0 aromatic heterocycles. The van der Waals surface area contributed by atoms with Gasteiger partial charge in [0.1, 0.15) is 0 Å². The van der Waals surface area contributed by atoms with E-state index >= 15 is 0 Å². The van der Waals surface area contributed by atoms with Crippen molar-refractivity contribution in [1.29, 1.82) is 0 Å². The monoisotopic (exact) mass is 264 g/mol. The largest absolute Gasteiger partial charge is 0.380 e. The molecular formula is C16H28N2O. The summed E-state index contributed by atoms with van der Waals surface area (Å²) in [6.07, 6.45) is 0. The molecule has 1 aromatic rings. The highest BCUT2D eigenvalue weighted by atomic mass is 16.5. The Morgan fingerprint density at radius 3 is 2.47 bits per heavy atom. The third kappa shape index (κ3) is 5.72. The van der Waals surface area contributed by atoms with Crippen molar-refractivity contribution in [3.8, 4) is 0 Å². The minimum absolute atomic E-state index is 0.0994. The molecule has 0 aliphatic rings. The van der Waals surface area contributed by atoms with E-state index in [-0.39, 0.29) is 6.04 Å². The third-order valence-corrected chi connectivity index (χ3v) is 3.55. The second-order valence-corrected chi connectivity index (χ2v) is 5.00. The first-order valence-corrected chi connectivity index (χ1v) is 7.29. The second-order valence-electron chi connectivity index (χ2n) is 5.00. The average molecular weight is 264 g/mol. The maximum absolute atomic E-state index is 6.34. The highest BCUT2D eigenvalue weighted by molar-refractivity contribution is 5.19. The van der Waals surface area contributed by atoms with Crippen molar-refractivity contribution < 1.29 is 4.74 Å². The van der Waals surface area contributed by atoms with Gasteiger partial charge in [-0.25, -0.2) is 0 Å². The van der Waals surface area contributed by atoms with Crippen LogP contribution in [-0.4, -0.2) is 37.7 Å². The van der Waals surface area contributed by atoms with Gasteiger partial charge in [0.25, 0.3) is 0 Å². The Balaban J connectivity index is 2.45. The van der Waals surface area contributed by atoms with Gasteiger partial charge in [-0.15, -0.1) is 0 Å². The number of benzene rings is 1. The van der Waals surface area contributed by atoms with Crippen LogP contribution in [0.1, 0.15) is 32.4 Å². The van der Waals surface area contributed by atoms with Crippen molar-refractivity contribution in [2.75, 3.05) is 32.8 Å². The van der Waals surface area contributed by atoms with Gasteiger partial charge in [-0.3, -0.25) is 0 Å². The Morgan fingerprint density at radius 1 is 1.21 bits per heavy atom. The molecule has 0 radical (unpaired) electrons. The summed E-state index contributed by atoms with van der Waals surface area (Å²) in [5, 5.41) is 0. The second kappa shape index (κ2) is 9.08. The molecule has 0 saturated heterocycles. The van der Waals surface area contributed by atoms with Gasteiger partial charge in [0, 0.05) is 25.7 Å². The molecule has 0 aliphatic heterocycles. The molecule has 0 fully saturated rings. The summed E-state index contributed by atoms with van der Waals surface area (Å²) in [5.41, 5.74) is 7.56. The highest BCUT2D eigenvalue weighted by Gasteiger charge is 2.17. The van der Waals surface area contributed by atoms with Gasteiger partial charge in [-0.1, -0.05) is 44.2 Å². The normalized spacial score (nSPS) is 14.6. The molecule has 0 bridgehead atoms. The van der Waals surface area contributed by atoms with Gasteiger partial charge in [0.15, 0.2) is 0 Å². The van der Waals surface area contributed by atoms with E-state index in [4.69, 9.17) is 10.5 Å². The first-order valence-electron chi connectivity index (χ1n) is 7.29. The summed E-state index contributed by atoms with van der Waals surface area (Å²) >= 11 is 0. The molecule has 0 heterocycles. The third-order valence-electron chi connectivity index (χ3n) is 3.55. The molecule has 2 atom stereocenters. The molecule has 1 aromatic carbocycles. The van der Waals surface area contributed by atoms with E-state index in [0.29, 0.717) is 5.92 Å². The lowest BCUT2D eigenvalue weighted by Gasteiger charge is -2.28. The fraction of sp³-hybridized carbons (Fsp3) is 0.625. The van der Waals surface area contributed by atoms with Crippen LogP contribution < -0.4 is 5.73 Å².